The van der Waals surface area contributed by atoms with Crippen molar-refractivity contribution in [2.75, 3.05) is 30.6 Å². The Balaban J connectivity index is 1.66. The van der Waals surface area contributed by atoms with E-state index in [-0.39, 0.29) is 0 Å². The van der Waals surface area contributed by atoms with Gasteiger partial charge in [-0.25, -0.2) is 4.98 Å². The molecule has 0 saturated heterocycles. The van der Waals surface area contributed by atoms with E-state index in [1.807, 2.05) is 25.2 Å². The number of nitrogens with zero attached hydrogens (tertiary/aromatic N) is 5. The molecule has 0 amide bonds. The summed E-state index contributed by atoms with van der Waals surface area (Å²) in [4.78, 5) is 16.8. The Morgan fingerprint density at radius 2 is 1.78 bits per heavy atom. The van der Waals surface area contributed by atoms with Crippen LogP contribution in [0.2, 0.25) is 0 Å². The molecule has 0 radical (unpaired) electrons. The molecule has 6 nitrogen and oxygen atoms in total. The maximum atomic E-state index is 13.2. The fourth-order valence-corrected chi connectivity index (χ4v) is 3.89. The molecule has 0 N–H and O–H groups in total. The van der Waals surface area contributed by atoms with Crippen LogP contribution in [0.4, 0.5) is 30.2 Å². The van der Waals surface area contributed by atoms with E-state index in [0.29, 0.717) is 23.7 Å². The number of hydrogen-bond acceptors (Lipinski definition) is 6. The van der Waals surface area contributed by atoms with Crippen LogP contribution in [0.5, 0.6) is 5.88 Å². The first-order valence-corrected chi connectivity index (χ1v) is 9.79. The molecule has 4 heterocycles. The summed E-state index contributed by atoms with van der Waals surface area (Å²) in [6, 6.07) is 10.3. The van der Waals surface area contributed by atoms with E-state index in [9.17, 15) is 13.2 Å². The number of rotatable bonds is 3. The fraction of sp³-hybridized carbons (Fsp3) is 0.174. The number of hydrogen-bond donors (Lipinski definition) is 0. The average molecular weight is 437 g/mol. The fourth-order valence-electron chi connectivity index (χ4n) is 3.89. The zero-order valence-electron chi connectivity index (χ0n) is 17.3. The number of pyridine rings is 3. The van der Waals surface area contributed by atoms with Crippen molar-refractivity contribution in [1.29, 1.82) is 0 Å². The highest BCUT2D eigenvalue weighted by Crippen LogP contribution is 2.45. The minimum absolute atomic E-state index is 0.392. The van der Waals surface area contributed by atoms with Gasteiger partial charge in [0.2, 0.25) is 5.88 Å². The zero-order valence-corrected chi connectivity index (χ0v) is 17.3. The highest BCUT2D eigenvalue weighted by atomic mass is 19.4. The smallest absolute Gasteiger partial charge is 0.417 e. The van der Waals surface area contributed by atoms with Gasteiger partial charge < -0.3 is 14.5 Å². The van der Waals surface area contributed by atoms with E-state index >= 15 is 0 Å². The summed E-state index contributed by atoms with van der Waals surface area (Å²) in [7, 11) is 3.52. The third-order valence-electron chi connectivity index (χ3n) is 5.50. The van der Waals surface area contributed by atoms with Crippen LogP contribution in [-0.4, -0.2) is 35.8 Å². The molecular weight excluding hydrogens is 419 g/mol. The minimum atomic E-state index is -4.45. The lowest BCUT2D eigenvalue weighted by Gasteiger charge is -2.20. The summed E-state index contributed by atoms with van der Waals surface area (Å²) in [5.41, 5.74) is 3.71. The van der Waals surface area contributed by atoms with Crippen LogP contribution in [-0.2, 0) is 6.18 Å². The van der Waals surface area contributed by atoms with Gasteiger partial charge in [0.25, 0.3) is 0 Å². The molecule has 0 aliphatic carbocycles. The van der Waals surface area contributed by atoms with Crippen LogP contribution in [0.25, 0.3) is 22.0 Å². The predicted octanol–water partition coefficient (Wildman–Crippen LogP) is 5.26. The van der Waals surface area contributed by atoms with Gasteiger partial charge in [0.05, 0.1) is 54.3 Å². The maximum absolute atomic E-state index is 13.2. The predicted molar refractivity (Wildman–Crippen MR) is 116 cm³/mol. The van der Waals surface area contributed by atoms with E-state index in [1.165, 1.54) is 6.20 Å². The topological polar surface area (TPSA) is 54.4 Å². The van der Waals surface area contributed by atoms with Gasteiger partial charge in [0.15, 0.2) is 0 Å². The molecule has 1 aliphatic rings. The van der Waals surface area contributed by atoms with Gasteiger partial charge in [-0.2, -0.15) is 13.2 Å². The Kier molecular flexibility index (Phi) is 4.61. The second-order valence-electron chi connectivity index (χ2n) is 7.51. The van der Waals surface area contributed by atoms with Crippen molar-refractivity contribution in [1.82, 2.24) is 15.0 Å². The molecule has 1 aliphatic heterocycles. The van der Waals surface area contributed by atoms with Crippen molar-refractivity contribution in [3.8, 4) is 17.0 Å². The van der Waals surface area contributed by atoms with Crippen LogP contribution < -0.4 is 14.5 Å². The Hall–Kier alpha value is -3.88. The molecule has 5 rings (SSSR count). The average Bonchev–Trinajstić information content (AvgIpc) is 3.15. The third kappa shape index (κ3) is 3.35. The lowest BCUT2D eigenvalue weighted by molar-refractivity contribution is -0.137. The van der Waals surface area contributed by atoms with Crippen molar-refractivity contribution in [2.45, 2.75) is 6.18 Å². The van der Waals surface area contributed by atoms with Crippen molar-refractivity contribution in [3.63, 3.8) is 0 Å². The second-order valence-corrected chi connectivity index (χ2v) is 7.51. The van der Waals surface area contributed by atoms with E-state index in [2.05, 4.69) is 24.8 Å². The van der Waals surface area contributed by atoms with Crippen molar-refractivity contribution < 1.29 is 17.9 Å². The summed E-state index contributed by atoms with van der Waals surface area (Å²) in [6.45, 7) is 0.583. The number of methoxy groups -OCH3 is 1. The lowest BCUT2D eigenvalue weighted by atomic mass is 10.0. The Morgan fingerprint density at radius 1 is 0.938 bits per heavy atom. The Labute approximate surface area is 181 Å². The molecule has 32 heavy (non-hydrogen) atoms. The normalized spacial score (nSPS) is 13.5. The van der Waals surface area contributed by atoms with Crippen LogP contribution in [0.3, 0.4) is 0 Å². The van der Waals surface area contributed by atoms with Gasteiger partial charge in [0.1, 0.15) is 0 Å². The summed E-state index contributed by atoms with van der Waals surface area (Å²) >= 11 is 0. The van der Waals surface area contributed by atoms with Crippen LogP contribution in [0.15, 0.2) is 61.2 Å². The molecule has 3 aromatic heterocycles. The standard InChI is InChI=1S/C23H18F3N5O/c1-30-13-31(17-4-6-21(32-2)29-11-17)22-18-8-14(3-5-19(18)28-12-20(22)30)15-7-16(10-27-9-15)23(24,25)26/h3-12H,13H2,1-2H3. The van der Waals surface area contributed by atoms with E-state index < -0.39 is 11.7 Å². The van der Waals surface area contributed by atoms with Gasteiger partial charge in [0, 0.05) is 36.5 Å². The summed E-state index contributed by atoms with van der Waals surface area (Å²) in [5.74, 6) is 0.514. The lowest BCUT2D eigenvalue weighted by Crippen LogP contribution is -2.24. The van der Waals surface area contributed by atoms with Crippen molar-refractivity contribution in [2.24, 2.45) is 0 Å². The summed E-state index contributed by atoms with van der Waals surface area (Å²) in [6.07, 6.45) is 1.35. The monoisotopic (exact) mass is 437 g/mol. The molecule has 9 heteroatoms. The molecule has 0 saturated carbocycles. The van der Waals surface area contributed by atoms with Crippen LogP contribution in [0.1, 0.15) is 5.56 Å². The number of benzene rings is 1. The molecule has 0 spiro atoms. The first-order valence-electron chi connectivity index (χ1n) is 9.79. The van der Waals surface area contributed by atoms with Crippen LogP contribution >= 0.6 is 0 Å². The highest BCUT2D eigenvalue weighted by molar-refractivity contribution is 6.04. The third-order valence-corrected chi connectivity index (χ3v) is 5.50. The van der Waals surface area contributed by atoms with Crippen molar-refractivity contribution in [3.05, 3.63) is 66.7 Å². The van der Waals surface area contributed by atoms with Gasteiger partial charge >= 0.3 is 6.18 Å². The van der Waals surface area contributed by atoms with E-state index in [1.54, 1.807) is 31.6 Å². The van der Waals surface area contributed by atoms with Gasteiger partial charge in [-0.05, 0) is 29.8 Å². The molecule has 1 aromatic carbocycles. The number of aromatic nitrogens is 3. The molecular formula is C23H18F3N5O. The molecule has 0 atom stereocenters. The minimum Gasteiger partial charge on any atom is -0.481 e. The molecule has 0 fully saturated rings. The molecule has 0 bridgehead atoms. The SMILES string of the molecule is COc1ccc(N2CN(C)c3cnc4ccc(-c5cncc(C(F)(F)F)c5)cc4c32)cn1. The number of ether oxygens (including phenoxy) is 1. The number of anilines is 3. The number of fused-ring (bicyclic) bond motifs is 3. The van der Waals surface area contributed by atoms with Gasteiger partial charge in [-0.3, -0.25) is 9.97 Å². The second kappa shape index (κ2) is 7.37. The Morgan fingerprint density at radius 3 is 2.50 bits per heavy atom. The first-order chi connectivity index (χ1) is 15.3. The summed E-state index contributed by atoms with van der Waals surface area (Å²) < 4.78 is 44.7. The first kappa shape index (κ1) is 20.0. The maximum Gasteiger partial charge on any atom is 0.417 e. The molecule has 162 valence electrons. The molecule has 0 unspecified atom stereocenters. The summed E-state index contributed by atoms with van der Waals surface area (Å²) in [5, 5.41) is 0.831. The van der Waals surface area contributed by atoms with Gasteiger partial charge in [-0.1, -0.05) is 6.07 Å². The van der Waals surface area contributed by atoms with Gasteiger partial charge in [-0.15, -0.1) is 0 Å². The zero-order chi connectivity index (χ0) is 22.5. The van der Waals surface area contributed by atoms with E-state index in [0.717, 1.165) is 40.2 Å². The largest absolute Gasteiger partial charge is 0.481 e. The van der Waals surface area contributed by atoms with Crippen molar-refractivity contribution >= 4 is 28.0 Å². The highest BCUT2D eigenvalue weighted by Gasteiger charge is 2.31. The quantitative estimate of drug-likeness (QED) is 0.436. The number of alkyl halides is 3. The Bertz CT molecular complexity index is 1310. The van der Waals surface area contributed by atoms with Crippen LogP contribution in [0, 0.1) is 0 Å². The van der Waals surface area contributed by atoms with E-state index in [4.69, 9.17) is 4.74 Å². The molecule has 4 aromatic rings. The number of halogens is 3.